The third-order valence-corrected chi connectivity index (χ3v) is 12.7. The fraction of sp³-hybridized carbons (Fsp3) is 0.0625. The van der Waals surface area contributed by atoms with Crippen molar-refractivity contribution in [3.63, 3.8) is 0 Å². The highest BCUT2D eigenvalue weighted by Crippen LogP contribution is 2.49. The van der Waals surface area contributed by atoms with E-state index in [2.05, 4.69) is 295 Å². The summed E-state index contributed by atoms with van der Waals surface area (Å²) in [6.07, 6.45) is 0. The maximum atomic E-state index is 6.82. The summed E-state index contributed by atoms with van der Waals surface area (Å²) >= 11 is 0. The Morgan fingerprint density at radius 3 is 1.04 bits per heavy atom. The lowest BCUT2D eigenvalue weighted by atomic mass is 9.86. The lowest BCUT2D eigenvalue weighted by Crippen LogP contribution is -2.18. The van der Waals surface area contributed by atoms with Gasteiger partial charge in [-0.3, -0.25) is 0 Å². The van der Waals surface area contributed by atoms with Gasteiger partial charge in [0.2, 0.25) is 0 Å². The molecule has 5 nitrogen and oxygen atoms in total. The van der Waals surface area contributed by atoms with Gasteiger partial charge in [0.15, 0.2) is 0 Å². The maximum absolute atomic E-state index is 6.82. The van der Waals surface area contributed by atoms with Crippen LogP contribution < -0.4 is 19.6 Å². The van der Waals surface area contributed by atoms with Crippen LogP contribution in [0.4, 0.5) is 68.2 Å². The molecule has 0 atom stereocenters. The normalized spacial score (nSPS) is 11.4. The molecule has 0 fully saturated rings. The molecule has 11 aromatic rings. The van der Waals surface area contributed by atoms with Crippen molar-refractivity contribution in [1.82, 2.24) is 0 Å². The number of benzene rings is 10. The molecule has 5 heteroatoms. The van der Waals surface area contributed by atoms with Gasteiger partial charge in [-0.2, -0.15) is 0 Å². The second-order valence-electron chi connectivity index (χ2n) is 18.3. The molecule has 0 amide bonds. The number of hydrogen-bond acceptors (Lipinski definition) is 5. The van der Waals surface area contributed by atoms with Crippen molar-refractivity contribution in [3.8, 4) is 0 Å². The van der Waals surface area contributed by atoms with Gasteiger partial charge in [-0.05, 0) is 132 Å². The molecule has 1 heterocycles. The first-order valence-electron chi connectivity index (χ1n) is 23.6. The largest absolute Gasteiger partial charge is 0.456 e. The van der Waals surface area contributed by atoms with Crippen LogP contribution in [-0.2, 0) is 5.41 Å². The van der Waals surface area contributed by atoms with Gasteiger partial charge in [-0.25, -0.2) is 0 Å². The van der Waals surface area contributed by atoms with Crippen LogP contribution in [0, 0.1) is 0 Å². The SMILES string of the molecule is CC(C)(C)c1cc(N(c2ccccc2)c2ccccc2)cc(N(c2ccccc2)c2cccc(N(c3ccccc3)c3cc(N(c4ccccc4)c4ccccc4)cc4oc5ccccc5c34)c2)c1. The van der Waals surface area contributed by atoms with Gasteiger partial charge in [0.1, 0.15) is 11.2 Å². The second-order valence-corrected chi connectivity index (χ2v) is 18.3. The molecule has 1 aromatic heterocycles. The molecular weight excluding hydrogens is 841 g/mol. The summed E-state index contributed by atoms with van der Waals surface area (Å²) < 4.78 is 6.82. The summed E-state index contributed by atoms with van der Waals surface area (Å²) in [5.41, 5.74) is 15.2. The lowest BCUT2D eigenvalue weighted by Gasteiger charge is -2.33. The molecule has 10 aromatic carbocycles. The fourth-order valence-corrected chi connectivity index (χ4v) is 9.41. The van der Waals surface area contributed by atoms with Gasteiger partial charge >= 0.3 is 0 Å². The van der Waals surface area contributed by atoms with Crippen LogP contribution in [0.1, 0.15) is 26.3 Å². The van der Waals surface area contributed by atoms with Gasteiger partial charge in [0.05, 0.1) is 16.8 Å². The molecule has 0 bridgehead atoms. The highest BCUT2D eigenvalue weighted by atomic mass is 16.3. The molecule has 0 saturated heterocycles. The molecule has 0 spiro atoms. The molecule has 0 aliphatic heterocycles. The van der Waals surface area contributed by atoms with Crippen LogP contribution in [0.3, 0.4) is 0 Å². The Labute approximate surface area is 405 Å². The monoisotopic (exact) mass is 892 g/mol. The molecule has 334 valence electrons. The Morgan fingerprint density at radius 1 is 0.275 bits per heavy atom. The first-order valence-corrected chi connectivity index (χ1v) is 23.6. The van der Waals surface area contributed by atoms with Gasteiger partial charge < -0.3 is 24.0 Å². The van der Waals surface area contributed by atoms with Crippen LogP contribution in [0.15, 0.2) is 265 Å². The Morgan fingerprint density at radius 2 is 0.609 bits per heavy atom. The van der Waals surface area contributed by atoms with Crippen molar-refractivity contribution in [1.29, 1.82) is 0 Å². The van der Waals surface area contributed by atoms with E-state index in [1.807, 2.05) is 6.07 Å². The van der Waals surface area contributed by atoms with E-state index >= 15 is 0 Å². The zero-order valence-corrected chi connectivity index (χ0v) is 39.0. The summed E-state index contributed by atoms with van der Waals surface area (Å²) in [5.74, 6) is 0. The number of furan rings is 1. The van der Waals surface area contributed by atoms with E-state index in [0.717, 1.165) is 90.2 Å². The van der Waals surface area contributed by atoms with E-state index < -0.39 is 0 Å². The number of nitrogens with zero attached hydrogens (tertiary/aromatic N) is 4. The third-order valence-electron chi connectivity index (χ3n) is 12.7. The molecule has 0 unspecified atom stereocenters. The first-order chi connectivity index (χ1) is 33.9. The van der Waals surface area contributed by atoms with E-state index in [-0.39, 0.29) is 5.41 Å². The van der Waals surface area contributed by atoms with Crippen molar-refractivity contribution in [2.45, 2.75) is 26.2 Å². The number of para-hydroxylation sites is 7. The molecular formula is C64H52N4O. The van der Waals surface area contributed by atoms with Crippen molar-refractivity contribution < 1.29 is 4.42 Å². The summed E-state index contributed by atoms with van der Waals surface area (Å²) in [4.78, 5) is 9.45. The van der Waals surface area contributed by atoms with Crippen molar-refractivity contribution in [2.24, 2.45) is 0 Å². The van der Waals surface area contributed by atoms with E-state index in [0.29, 0.717) is 0 Å². The molecule has 69 heavy (non-hydrogen) atoms. The van der Waals surface area contributed by atoms with Crippen LogP contribution >= 0.6 is 0 Å². The van der Waals surface area contributed by atoms with Crippen LogP contribution in [0.2, 0.25) is 0 Å². The van der Waals surface area contributed by atoms with E-state index in [1.54, 1.807) is 0 Å². The van der Waals surface area contributed by atoms with Gasteiger partial charge in [0, 0.05) is 68.3 Å². The quantitative estimate of drug-likeness (QED) is 0.122. The fourth-order valence-electron chi connectivity index (χ4n) is 9.41. The minimum absolute atomic E-state index is 0.157. The minimum atomic E-state index is -0.157. The average Bonchev–Trinajstić information content (AvgIpc) is 3.77. The summed E-state index contributed by atoms with van der Waals surface area (Å²) in [5, 5.41) is 2.09. The summed E-state index contributed by atoms with van der Waals surface area (Å²) in [6, 6.07) is 92.7. The van der Waals surface area contributed by atoms with Gasteiger partial charge in [0.25, 0.3) is 0 Å². The number of fused-ring (bicyclic) bond motifs is 3. The van der Waals surface area contributed by atoms with E-state index in [4.69, 9.17) is 4.42 Å². The highest BCUT2D eigenvalue weighted by Gasteiger charge is 2.26. The highest BCUT2D eigenvalue weighted by molar-refractivity contribution is 6.15. The smallest absolute Gasteiger partial charge is 0.139 e. The lowest BCUT2D eigenvalue weighted by molar-refractivity contribution is 0.590. The molecule has 11 rings (SSSR count). The standard InChI is InChI=1S/C64H52N4O/c1-64(2,3)47-41-56(65(48-25-10-4-11-26-48)49-27-12-5-13-28-49)44-57(42-47)67(52-33-18-8-19-34-52)54-37-24-38-55(43-54)68(53-35-20-9-21-36-53)60-45-58(46-62-63(60)59-39-22-23-40-61(59)69-62)66(50-29-14-6-15-30-50)51-31-16-7-17-32-51/h4-46H,1-3H3. The minimum Gasteiger partial charge on any atom is -0.456 e. The molecule has 0 aliphatic rings. The zero-order valence-electron chi connectivity index (χ0n) is 39.0. The van der Waals surface area contributed by atoms with Crippen LogP contribution in [0.25, 0.3) is 21.9 Å². The van der Waals surface area contributed by atoms with E-state index in [9.17, 15) is 0 Å². The Hall–Kier alpha value is -8.80. The third kappa shape index (κ3) is 8.59. The summed E-state index contributed by atoms with van der Waals surface area (Å²) in [7, 11) is 0. The first kappa shape index (κ1) is 42.8. The predicted octanol–water partition coefficient (Wildman–Crippen LogP) is 18.8. The van der Waals surface area contributed by atoms with Crippen LogP contribution in [-0.4, -0.2) is 0 Å². The second kappa shape index (κ2) is 18.5. The average molecular weight is 893 g/mol. The molecule has 0 radical (unpaired) electrons. The van der Waals surface area contributed by atoms with Crippen molar-refractivity contribution in [2.75, 3.05) is 19.6 Å². The van der Waals surface area contributed by atoms with Gasteiger partial charge in [-0.1, -0.05) is 154 Å². The Bertz CT molecular complexity index is 3400. The van der Waals surface area contributed by atoms with Crippen molar-refractivity contribution in [3.05, 3.63) is 266 Å². The maximum Gasteiger partial charge on any atom is 0.139 e. The molecule has 0 saturated carbocycles. The number of rotatable bonds is 12. The molecule has 0 N–H and O–H groups in total. The predicted molar refractivity (Wildman–Crippen MR) is 291 cm³/mol. The molecule has 0 aliphatic carbocycles. The van der Waals surface area contributed by atoms with Crippen LogP contribution in [0.5, 0.6) is 0 Å². The zero-order chi connectivity index (χ0) is 46.7. The van der Waals surface area contributed by atoms with Crippen molar-refractivity contribution >= 4 is 90.2 Å². The number of anilines is 12. The topological polar surface area (TPSA) is 26.1 Å². The Kier molecular flexibility index (Phi) is 11.5. The number of hydrogen-bond donors (Lipinski definition) is 0. The van der Waals surface area contributed by atoms with E-state index in [1.165, 1.54) is 5.56 Å². The summed E-state index contributed by atoms with van der Waals surface area (Å²) in [6.45, 7) is 6.88. The van der Waals surface area contributed by atoms with Gasteiger partial charge in [-0.15, -0.1) is 0 Å². The Balaban J connectivity index is 1.15.